The lowest BCUT2D eigenvalue weighted by atomic mass is 10.1. The smallest absolute Gasteiger partial charge is 0.0195 e. The third-order valence-electron chi connectivity index (χ3n) is 2.31. The first-order valence-corrected chi connectivity index (χ1v) is 4.75. The second-order valence-corrected chi connectivity index (χ2v) is 3.56. The van der Waals surface area contributed by atoms with Crippen molar-refractivity contribution in [2.24, 2.45) is 0 Å². The Labute approximate surface area is 70.0 Å². The lowest BCUT2D eigenvalue weighted by Gasteiger charge is -2.30. The zero-order valence-electron chi connectivity index (χ0n) is 7.77. The molecule has 0 spiro atoms. The maximum atomic E-state index is 3.56. The first-order chi connectivity index (χ1) is 5.33. The average molecular weight is 156 g/mol. The van der Waals surface area contributed by atoms with E-state index in [1.165, 1.54) is 38.9 Å². The molecule has 1 atom stereocenters. The van der Waals surface area contributed by atoms with Crippen LogP contribution in [0.25, 0.3) is 0 Å². The monoisotopic (exact) mass is 156 g/mol. The van der Waals surface area contributed by atoms with E-state index >= 15 is 0 Å². The van der Waals surface area contributed by atoms with Gasteiger partial charge in [0.25, 0.3) is 0 Å². The molecular weight excluding hydrogens is 136 g/mol. The van der Waals surface area contributed by atoms with Gasteiger partial charge in [-0.3, -0.25) is 0 Å². The zero-order chi connectivity index (χ0) is 8.10. The van der Waals surface area contributed by atoms with Crippen LogP contribution in [-0.2, 0) is 0 Å². The number of piperidine rings is 1. The van der Waals surface area contributed by atoms with Crippen molar-refractivity contribution in [3.05, 3.63) is 0 Å². The standard InChI is InChI=1S/C9H20N2/c1-3-6-10-9-5-4-7-11(2)8-9/h9-10H,3-8H2,1-2H3. The van der Waals surface area contributed by atoms with E-state index in [0.717, 1.165) is 6.04 Å². The van der Waals surface area contributed by atoms with E-state index < -0.39 is 0 Å². The van der Waals surface area contributed by atoms with Crippen LogP contribution in [0.4, 0.5) is 0 Å². The molecule has 0 amide bonds. The predicted octanol–water partition coefficient (Wildman–Crippen LogP) is 1.08. The van der Waals surface area contributed by atoms with Gasteiger partial charge in [0.15, 0.2) is 0 Å². The molecule has 1 rings (SSSR count). The van der Waals surface area contributed by atoms with Crippen LogP contribution >= 0.6 is 0 Å². The summed E-state index contributed by atoms with van der Waals surface area (Å²) in [6, 6.07) is 0.758. The molecule has 0 aliphatic carbocycles. The van der Waals surface area contributed by atoms with Gasteiger partial charge in [-0.15, -0.1) is 0 Å². The molecule has 2 nitrogen and oxygen atoms in total. The maximum absolute atomic E-state index is 3.56. The van der Waals surface area contributed by atoms with E-state index in [9.17, 15) is 0 Å². The number of nitrogens with one attached hydrogen (secondary N) is 1. The highest BCUT2D eigenvalue weighted by Gasteiger charge is 2.15. The Morgan fingerprint density at radius 1 is 1.55 bits per heavy atom. The van der Waals surface area contributed by atoms with E-state index in [2.05, 4.69) is 24.2 Å². The quantitative estimate of drug-likeness (QED) is 0.658. The normalized spacial score (nSPS) is 27.3. The van der Waals surface area contributed by atoms with Crippen molar-refractivity contribution in [3.8, 4) is 0 Å². The Hall–Kier alpha value is -0.0800. The van der Waals surface area contributed by atoms with Gasteiger partial charge in [-0.1, -0.05) is 6.92 Å². The number of hydrogen-bond acceptors (Lipinski definition) is 2. The van der Waals surface area contributed by atoms with Crippen LogP contribution in [0.3, 0.4) is 0 Å². The SMILES string of the molecule is CCCNC1CCCN(C)C1. The Balaban J connectivity index is 2.12. The first kappa shape index (κ1) is 9.01. The summed E-state index contributed by atoms with van der Waals surface area (Å²) in [6.45, 7) is 5.92. The van der Waals surface area contributed by atoms with Crippen molar-refractivity contribution in [2.75, 3.05) is 26.7 Å². The summed E-state index contributed by atoms with van der Waals surface area (Å²) in [7, 11) is 2.21. The Kier molecular flexibility index (Phi) is 3.87. The first-order valence-electron chi connectivity index (χ1n) is 4.75. The second kappa shape index (κ2) is 4.73. The second-order valence-electron chi connectivity index (χ2n) is 3.56. The number of hydrogen-bond donors (Lipinski definition) is 1. The van der Waals surface area contributed by atoms with Gasteiger partial charge >= 0.3 is 0 Å². The lowest BCUT2D eigenvalue weighted by molar-refractivity contribution is 0.228. The number of likely N-dealkylation sites (N-methyl/N-ethyl adjacent to an activating group) is 1. The van der Waals surface area contributed by atoms with Gasteiger partial charge < -0.3 is 10.2 Å². The molecule has 11 heavy (non-hydrogen) atoms. The van der Waals surface area contributed by atoms with Gasteiger partial charge in [-0.2, -0.15) is 0 Å². The van der Waals surface area contributed by atoms with Crippen molar-refractivity contribution in [1.29, 1.82) is 0 Å². The Morgan fingerprint density at radius 3 is 3.00 bits per heavy atom. The minimum absolute atomic E-state index is 0.758. The van der Waals surface area contributed by atoms with Gasteiger partial charge in [0.1, 0.15) is 0 Å². The minimum Gasteiger partial charge on any atom is -0.313 e. The molecule has 1 unspecified atom stereocenters. The zero-order valence-corrected chi connectivity index (χ0v) is 7.77. The molecule has 1 aliphatic heterocycles. The molecule has 1 fully saturated rings. The molecule has 0 aromatic carbocycles. The number of nitrogens with zero attached hydrogens (tertiary/aromatic N) is 1. The Bertz CT molecular complexity index is 104. The van der Waals surface area contributed by atoms with Gasteiger partial charge in [-0.25, -0.2) is 0 Å². The van der Waals surface area contributed by atoms with E-state index in [1.54, 1.807) is 0 Å². The lowest BCUT2D eigenvalue weighted by Crippen LogP contribution is -2.44. The van der Waals surface area contributed by atoms with E-state index in [4.69, 9.17) is 0 Å². The van der Waals surface area contributed by atoms with Crippen LogP contribution in [0.2, 0.25) is 0 Å². The van der Waals surface area contributed by atoms with Crippen LogP contribution < -0.4 is 5.32 Å². The Morgan fingerprint density at radius 2 is 2.36 bits per heavy atom. The highest BCUT2D eigenvalue weighted by atomic mass is 15.1. The maximum Gasteiger partial charge on any atom is 0.0195 e. The van der Waals surface area contributed by atoms with Gasteiger partial charge in [0.2, 0.25) is 0 Å². The highest BCUT2D eigenvalue weighted by Crippen LogP contribution is 2.07. The summed E-state index contributed by atoms with van der Waals surface area (Å²) >= 11 is 0. The van der Waals surface area contributed by atoms with Gasteiger partial charge in [0, 0.05) is 12.6 Å². The minimum atomic E-state index is 0.758. The molecule has 0 aromatic heterocycles. The fourth-order valence-corrected chi connectivity index (χ4v) is 1.68. The third-order valence-corrected chi connectivity index (χ3v) is 2.31. The highest BCUT2D eigenvalue weighted by molar-refractivity contribution is 4.75. The summed E-state index contributed by atoms with van der Waals surface area (Å²) in [6.07, 6.45) is 3.97. The molecule has 1 heterocycles. The van der Waals surface area contributed by atoms with Crippen LogP contribution in [-0.4, -0.2) is 37.6 Å². The molecule has 1 N–H and O–H groups in total. The molecule has 0 aromatic rings. The molecule has 0 radical (unpaired) electrons. The fourth-order valence-electron chi connectivity index (χ4n) is 1.68. The predicted molar refractivity (Wildman–Crippen MR) is 48.8 cm³/mol. The topological polar surface area (TPSA) is 15.3 Å². The molecule has 1 saturated heterocycles. The van der Waals surface area contributed by atoms with Gasteiger partial charge in [-0.05, 0) is 39.4 Å². The largest absolute Gasteiger partial charge is 0.313 e. The molecule has 0 bridgehead atoms. The van der Waals surface area contributed by atoms with Crippen LogP contribution in [0.5, 0.6) is 0 Å². The van der Waals surface area contributed by atoms with E-state index in [-0.39, 0.29) is 0 Å². The van der Waals surface area contributed by atoms with Crippen molar-refractivity contribution in [1.82, 2.24) is 10.2 Å². The average Bonchev–Trinajstić information content (AvgIpc) is 2.01. The third kappa shape index (κ3) is 3.21. The van der Waals surface area contributed by atoms with E-state index in [0.29, 0.717) is 0 Å². The van der Waals surface area contributed by atoms with Gasteiger partial charge in [0.05, 0.1) is 0 Å². The summed E-state index contributed by atoms with van der Waals surface area (Å²) in [5.74, 6) is 0. The van der Waals surface area contributed by atoms with Crippen molar-refractivity contribution in [3.63, 3.8) is 0 Å². The van der Waals surface area contributed by atoms with Crippen LogP contribution in [0, 0.1) is 0 Å². The van der Waals surface area contributed by atoms with Crippen molar-refractivity contribution < 1.29 is 0 Å². The van der Waals surface area contributed by atoms with Crippen molar-refractivity contribution >= 4 is 0 Å². The summed E-state index contributed by atoms with van der Waals surface area (Å²) in [5, 5.41) is 3.56. The van der Waals surface area contributed by atoms with Crippen LogP contribution in [0.1, 0.15) is 26.2 Å². The van der Waals surface area contributed by atoms with Crippen LogP contribution in [0.15, 0.2) is 0 Å². The molecule has 2 heteroatoms. The summed E-state index contributed by atoms with van der Waals surface area (Å²) in [5.41, 5.74) is 0. The molecule has 1 aliphatic rings. The number of rotatable bonds is 3. The van der Waals surface area contributed by atoms with Crippen molar-refractivity contribution in [2.45, 2.75) is 32.2 Å². The fraction of sp³-hybridized carbons (Fsp3) is 1.00. The summed E-state index contributed by atoms with van der Waals surface area (Å²) < 4.78 is 0. The molecular formula is C9H20N2. The molecule has 0 saturated carbocycles. The number of likely N-dealkylation sites (tertiary alicyclic amines) is 1. The summed E-state index contributed by atoms with van der Waals surface area (Å²) in [4.78, 5) is 2.41. The van der Waals surface area contributed by atoms with E-state index in [1.807, 2.05) is 0 Å². The molecule has 66 valence electrons.